The first kappa shape index (κ1) is 14.4. The Hall–Kier alpha value is -1.06. The molecule has 0 bridgehead atoms. The number of rotatable bonds is 5. The van der Waals surface area contributed by atoms with Gasteiger partial charge in [-0.3, -0.25) is 9.69 Å². The lowest BCUT2D eigenvalue weighted by molar-refractivity contribution is -0.142. The first-order chi connectivity index (χ1) is 9.11. The topological polar surface area (TPSA) is 40.5 Å². The predicted molar refractivity (Wildman–Crippen MR) is 76.6 cm³/mol. The van der Waals surface area contributed by atoms with Crippen molar-refractivity contribution in [3.05, 3.63) is 35.4 Å². The summed E-state index contributed by atoms with van der Waals surface area (Å²) in [4.78, 5) is 13.1. The molecule has 1 N–H and O–H groups in total. The SMILES string of the molecule is CCc1ccc(C(Cl)CN2CCCC2C(=O)O)cc1. The van der Waals surface area contributed by atoms with Gasteiger partial charge in [0.25, 0.3) is 0 Å². The second kappa shape index (κ2) is 6.40. The monoisotopic (exact) mass is 281 g/mol. The van der Waals surface area contributed by atoms with Gasteiger partial charge < -0.3 is 5.11 Å². The molecule has 1 fully saturated rings. The maximum absolute atomic E-state index is 11.1. The summed E-state index contributed by atoms with van der Waals surface area (Å²) in [5.74, 6) is -0.734. The molecule has 1 aromatic carbocycles. The molecule has 19 heavy (non-hydrogen) atoms. The average Bonchev–Trinajstić information content (AvgIpc) is 2.87. The zero-order valence-electron chi connectivity index (χ0n) is 11.2. The molecule has 0 aliphatic carbocycles. The van der Waals surface area contributed by atoms with E-state index in [1.807, 2.05) is 17.0 Å². The summed E-state index contributed by atoms with van der Waals surface area (Å²) in [6, 6.07) is 7.90. The van der Waals surface area contributed by atoms with Crippen LogP contribution < -0.4 is 0 Å². The molecule has 2 rings (SSSR count). The van der Waals surface area contributed by atoms with E-state index in [1.54, 1.807) is 0 Å². The number of aliphatic carboxylic acids is 1. The third-order valence-electron chi connectivity index (χ3n) is 3.79. The third-order valence-corrected chi connectivity index (χ3v) is 4.18. The number of nitrogens with zero attached hydrogens (tertiary/aromatic N) is 1. The summed E-state index contributed by atoms with van der Waals surface area (Å²) in [5, 5.41) is 9.00. The van der Waals surface area contributed by atoms with Crippen molar-refractivity contribution in [3.63, 3.8) is 0 Å². The van der Waals surface area contributed by atoms with Crippen LogP contribution in [0.5, 0.6) is 0 Å². The van der Waals surface area contributed by atoms with Crippen LogP contribution in [0.2, 0.25) is 0 Å². The van der Waals surface area contributed by atoms with Gasteiger partial charge in [0.1, 0.15) is 6.04 Å². The van der Waals surface area contributed by atoms with E-state index in [1.165, 1.54) is 5.56 Å². The Labute approximate surface area is 119 Å². The van der Waals surface area contributed by atoms with Crippen molar-refractivity contribution in [1.29, 1.82) is 0 Å². The van der Waals surface area contributed by atoms with Crippen molar-refractivity contribution in [2.75, 3.05) is 13.1 Å². The summed E-state index contributed by atoms with van der Waals surface area (Å²) in [7, 11) is 0. The number of hydrogen-bond donors (Lipinski definition) is 1. The first-order valence-corrected chi connectivity index (χ1v) is 7.25. The van der Waals surface area contributed by atoms with Crippen LogP contribution in [-0.4, -0.2) is 35.1 Å². The van der Waals surface area contributed by atoms with Crippen LogP contribution in [0.1, 0.15) is 36.3 Å². The number of alkyl halides is 1. The second-order valence-electron chi connectivity index (χ2n) is 5.05. The molecule has 1 aromatic rings. The number of carboxylic acids is 1. The third kappa shape index (κ3) is 3.48. The van der Waals surface area contributed by atoms with E-state index in [9.17, 15) is 4.79 Å². The lowest BCUT2D eigenvalue weighted by Gasteiger charge is -2.23. The Bertz CT molecular complexity index is 432. The van der Waals surface area contributed by atoms with Crippen molar-refractivity contribution in [2.45, 2.75) is 37.6 Å². The molecule has 2 unspecified atom stereocenters. The van der Waals surface area contributed by atoms with Crippen LogP contribution in [-0.2, 0) is 11.2 Å². The normalized spacial score (nSPS) is 21.5. The van der Waals surface area contributed by atoms with Gasteiger partial charge in [-0.1, -0.05) is 31.2 Å². The largest absolute Gasteiger partial charge is 0.480 e. The number of carbonyl (C=O) groups is 1. The van der Waals surface area contributed by atoms with Gasteiger partial charge in [0.15, 0.2) is 0 Å². The summed E-state index contributed by atoms with van der Waals surface area (Å²) < 4.78 is 0. The molecular weight excluding hydrogens is 262 g/mol. The van der Waals surface area contributed by atoms with E-state index in [0.29, 0.717) is 6.54 Å². The minimum Gasteiger partial charge on any atom is -0.480 e. The standard InChI is InChI=1S/C15H20ClNO2/c1-2-11-5-7-12(8-6-11)13(16)10-17-9-3-4-14(17)15(18)19/h5-8,13-14H,2-4,9-10H2,1H3,(H,18,19). The molecule has 0 spiro atoms. The molecule has 0 saturated carbocycles. The Morgan fingerprint density at radius 3 is 2.74 bits per heavy atom. The van der Waals surface area contributed by atoms with Gasteiger partial charge in [0, 0.05) is 6.54 Å². The van der Waals surface area contributed by atoms with Crippen molar-refractivity contribution < 1.29 is 9.90 Å². The highest BCUT2D eigenvalue weighted by atomic mass is 35.5. The van der Waals surface area contributed by atoms with Crippen LogP contribution >= 0.6 is 11.6 Å². The summed E-state index contributed by atoms with van der Waals surface area (Å²) in [6.07, 6.45) is 2.68. The minimum atomic E-state index is -0.734. The number of benzene rings is 1. The molecule has 2 atom stereocenters. The fourth-order valence-corrected chi connectivity index (χ4v) is 2.92. The fraction of sp³-hybridized carbons (Fsp3) is 0.533. The van der Waals surface area contributed by atoms with Gasteiger partial charge >= 0.3 is 5.97 Å². The zero-order valence-corrected chi connectivity index (χ0v) is 11.9. The lowest BCUT2D eigenvalue weighted by Crippen LogP contribution is -2.37. The van der Waals surface area contributed by atoms with Gasteiger partial charge in [-0.25, -0.2) is 0 Å². The smallest absolute Gasteiger partial charge is 0.320 e. The van der Waals surface area contributed by atoms with E-state index < -0.39 is 5.97 Å². The van der Waals surface area contributed by atoms with Crippen LogP contribution in [0.3, 0.4) is 0 Å². The van der Waals surface area contributed by atoms with E-state index >= 15 is 0 Å². The Morgan fingerprint density at radius 2 is 2.16 bits per heavy atom. The fourth-order valence-electron chi connectivity index (χ4n) is 2.60. The highest BCUT2D eigenvalue weighted by Gasteiger charge is 2.31. The van der Waals surface area contributed by atoms with Crippen molar-refractivity contribution in [1.82, 2.24) is 4.90 Å². The molecule has 1 heterocycles. The highest BCUT2D eigenvalue weighted by Crippen LogP contribution is 2.26. The lowest BCUT2D eigenvalue weighted by atomic mass is 10.1. The molecule has 1 aliphatic heterocycles. The summed E-state index contributed by atoms with van der Waals surface area (Å²) >= 11 is 6.42. The number of aryl methyl sites for hydroxylation is 1. The van der Waals surface area contributed by atoms with Crippen molar-refractivity contribution >= 4 is 17.6 Å². The summed E-state index contributed by atoms with van der Waals surface area (Å²) in [5.41, 5.74) is 2.35. The number of hydrogen-bond acceptors (Lipinski definition) is 2. The molecular formula is C15H20ClNO2. The predicted octanol–water partition coefficient (Wildman–Crippen LogP) is 3.08. The van der Waals surface area contributed by atoms with Gasteiger partial charge in [-0.2, -0.15) is 0 Å². The number of likely N-dealkylation sites (tertiary alicyclic amines) is 1. The highest BCUT2D eigenvalue weighted by molar-refractivity contribution is 6.21. The van der Waals surface area contributed by atoms with Gasteiger partial charge in [-0.15, -0.1) is 11.6 Å². The molecule has 1 saturated heterocycles. The van der Waals surface area contributed by atoms with Crippen molar-refractivity contribution in [2.24, 2.45) is 0 Å². The second-order valence-corrected chi connectivity index (χ2v) is 5.58. The van der Waals surface area contributed by atoms with E-state index in [-0.39, 0.29) is 11.4 Å². The molecule has 104 valence electrons. The van der Waals surface area contributed by atoms with Crippen LogP contribution in [0.25, 0.3) is 0 Å². The van der Waals surface area contributed by atoms with E-state index in [2.05, 4.69) is 19.1 Å². The van der Waals surface area contributed by atoms with E-state index in [0.717, 1.165) is 31.4 Å². The minimum absolute atomic E-state index is 0.147. The average molecular weight is 282 g/mol. The molecule has 4 heteroatoms. The van der Waals surface area contributed by atoms with Crippen LogP contribution in [0.4, 0.5) is 0 Å². The van der Waals surface area contributed by atoms with Crippen LogP contribution in [0.15, 0.2) is 24.3 Å². The Kier molecular flexibility index (Phi) is 4.83. The Morgan fingerprint density at radius 1 is 1.47 bits per heavy atom. The first-order valence-electron chi connectivity index (χ1n) is 6.81. The summed E-state index contributed by atoms with van der Waals surface area (Å²) in [6.45, 7) is 3.55. The molecule has 0 radical (unpaired) electrons. The quantitative estimate of drug-likeness (QED) is 0.843. The number of carboxylic acid groups (broad SMARTS) is 1. The van der Waals surface area contributed by atoms with Gasteiger partial charge in [0.05, 0.1) is 5.38 Å². The molecule has 1 aliphatic rings. The van der Waals surface area contributed by atoms with Gasteiger partial charge in [-0.05, 0) is 36.9 Å². The van der Waals surface area contributed by atoms with E-state index in [4.69, 9.17) is 16.7 Å². The van der Waals surface area contributed by atoms with Gasteiger partial charge in [0.2, 0.25) is 0 Å². The molecule has 0 amide bonds. The maximum atomic E-state index is 11.1. The number of halogens is 1. The maximum Gasteiger partial charge on any atom is 0.320 e. The Balaban J connectivity index is 1.99. The van der Waals surface area contributed by atoms with Crippen molar-refractivity contribution in [3.8, 4) is 0 Å². The zero-order chi connectivity index (χ0) is 13.8. The van der Waals surface area contributed by atoms with Crippen LogP contribution in [0, 0.1) is 0 Å². The molecule has 0 aromatic heterocycles. The molecule has 3 nitrogen and oxygen atoms in total.